The van der Waals surface area contributed by atoms with E-state index in [1.807, 2.05) is 0 Å². The van der Waals surface area contributed by atoms with Crippen molar-refractivity contribution < 1.29 is 27.5 Å². The third kappa shape index (κ3) is 20.7. The van der Waals surface area contributed by atoms with Gasteiger partial charge in [0.1, 0.15) is 0 Å². The van der Waals surface area contributed by atoms with Crippen molar-refractivity contribution in [2.75, 3.05) is 6.16 Å². The van der Waals surface area contributed by atoms with E-state index in [1.165, 1.54) is 57.8 Å². The van der Waals surface area contributed by atoms with Crippen molar-refractivity contribution in [2.24, 2.45) is 5.92 Å². The van der Waals surface area contributed by atoms with Gasteiger partial charge in [-0.1, -0.05) is 123 Å². The average molecular weight is 578 g/mol. The number of hydrogen-bond acceptors (Lipinski definition) is 2. The third-order valence-electron chi connectivity index (χ3n) is 7.56. The van der Waals surface area contributed by atoms with Crippen LogP contribution in [0.25, 0.3) is 0 Å². The van der Waals surface area contributed by atoms with Crippen LogP contribution in [0.4, 0.5) is 13.2 Å². The zero-order valence-electron chi connectivity index (χ0n) is 23.8. The maximum atomic E-state index is 13.5. The van der Waals surface area contributed by atoms with Crippen LogP contribution in [0.15, 0.2) is 0 Å². The molecule has 0 saturated carbocycles. The number of halogens is 4. The molecule has 37 heavy (non-hydrogen) atoms. The molecule has 0 aliphatic rings. The van der Waals surface area contributed by atoms with Crippen molar-refractivity contribution in [1.82, 2.24) is 4.42 Å². The molecule has 0 radical (unpaired) electrons. The van der Waals surface area contributed by atoms with Gasteiger partial charge in [-0.05, 0) is 50.3 Å². The first kappa shape index (κ1) is 37.2. The Morgan fingerprint density at radius 2 is 1.08 bits per heavy atom. The van der Waals surface area contributed by atoms with E-state index in [1.54, 1.807) is 6.92 Å². The minimum atomic E-state index is -4.63. The van der Waals surface area contributed by atoms with Crippen molar-refractivity contribution in [3.05, 3.63) is 0 Å². The molecule has 0 amide bonds. The molecule has 0 aliphatic carbocycles. The zero-order chi connectivity index (χ0) is 28.2. The first-order valence-corrected chi connectivity index (χ1v) is 17.1. The van der Waals surface area contributed by atoms with E-state index in [-0.39, 0.29) is 22.9 Å². The summed E-state index contributed by atoms with van der Waals surface area (Å²) in [6.07, 6.45) is 15.2. The topological polar surface area (TPSA) is 60.8 Å². The van der Waals surface area contributed by atoms with E-state index >= 15 is 0 Å². The second-order valence-electron chi connectivity index (χ2n) is 11.3. The minimum absolute atomic E-state index is 0.0395. The Morgan fingerprint density at radius 1 is 0.703 bits per heavy atom. The van der Waals surface area contributed by atoms with Crippen molar-refractivity contribution in [3.8, 4) is 0 Å². The van der Waals surface area contributed by atoms with Crippen LogP contribution >= 0.6 is 19.4 Å². The molecule has 0 bridgehead atoms. The molecule has 4 nitrogen and oxygen atoms in total. The van der Waals surface area contributed by atoms with Crippen molar-refractivity contribution in [3.63, 3.8) is 0 Å². The van der Waals surface area contributed by atoms with Gasteiger partial charge in [-0.25, -0.2) is 0 Å². The highest BCUT2D eigenvalue weighted by atomic mass is 35.5. The molecule has 2 N–H and O–H groups in total. The summed E-state index contributed by atoms with van der Waals surface area (Å²) < 4.78 is 52.3. The summed E-state index contributed by atoms with van der Waals surface area (Å²) in [5, 5.41) is 0. The Bertz CT molecular complexity index is 592. The third-order valence-corrected chi connectivity index (χ3v) is 9.15. The second-order valence-corrected chi connectivity index (χ2v) is 13.4. The van der Waals surface area contributed by atoms with Crippen LogP contribution in [-0.4, -0.2) is 32.2 Å². The molecule has 0 aromatic rings. The Labute approximate surface area is 230 Å². The predicted octanol–water partition coefficient (Wildman–Crippen LogP) is 10.7. The molecular formula is C28H56ClF3NO3P. The molecule has 224 valence electrons. The lowest BCUT2D eigenvalue weighted by molar-refractivity contribution is -0.238. The van der Waals surface area contributed by atoms with Gasteiger partial charge in [0.05, 0.1) is 6.16 Å². The summed E-state index contributed by atoms with van der Waals surface area (Å²) >= 11 is 5.83. The van der Waals surface area contributed by atoms with Crippen LogP contribution in [0.5, 0.6) is 0 Å². The lowest BCUT2D eigenvalue weighted by atomic mass is 9.86. The van der Waals surface area contributed by atoms with Crippen LogP contribution in [0, 0.1) is 5.92 Å². The first-order chi connectivity index (χ1) is 17.4. The summed E-state index contributed by atoms with van der Waals surface area (Å²) in [5.74, 6) is -0.178. The molecule has 0 aromatic heterocycles. The van der Waals surface area contributed by atoms with Crippen LogP contribution in [-0.2, 0) is 4.57 Å². The van der Waals surface area contributed by atoms with E-state index in [9.17, 15) is 27.5 Å². The van der Waals surface area contributed by atoms with Crippen molar-refractivity contribution in [1.29, 1.82) is 0 Å². The van der Waals surface area contributed by atoms with Gasteiger partial charge in [-0.2, -0.15) is 13.2 Å². The maximum absolute atomic E-state index is 13.5. The molecule has 0 aromatic carbocycles. The molecule has 0 heterocycles. The number of nitrogens with zero attached hydrogens (tertiary/aromatic N) is 1. The van der Waals surface area contributed by atoms with E-state index in [2.05, 4.69) is 13.8 Å². The normalized spacial score (nSPS) is 15.3. The Morgan fingerprint density at radius 3 is 1.51 bits per heavy atom. The summed E-state index contributed by atoms with van der Waals surface area (Å²) in [7, 11) is -4.17. The molecule has 2 atom stereocenters. The van der Waals surface area contributed by atoms with Gasteiger partial charge in [0, 0.05) is 5.54 Å². The standard InChI is InChI=1S/C28H56ClF3NO3P/c1-4-6-8-10-12-14-16-18-21-26(25-37(34,35)36)22-20-24-27(3,33(29)28(30,31)32)23-19-17-15-13-11-9-7-5-2/h26H,4-25H2,1-3H3,(H2,34,35,36). The summed E-state index contributed by atoms with van der Waals surface area (Å²) in [6.45, 7) is 5.93. The van der Waals surface area contributed by atoms with Crippen LogP contribution in [0.1, 0.15) is 156 Å². The summed E-state index contributed by atoms with van der Waals surface area (Å²) in [5.41, 5.74) is -1.23. The highest BCUT2D eigenvalue weighted by Crippen LogP contribution is 2.42. The second kappa shape index (κ2) is 21.0. The largest absolute Gasteiger partial charge is 0.474 e. The van der Waals surface area contributed by atoms with Gasteiger partial charge < -0.3 is 9.79 Å². The summed E-state index contributed by atoms with van der Waals surface area (Å²) in [6, 6.07) is 0. The fraction of sp³-hybridized carbons (Fsp3) is 1.00. The number of alkyl halides is 3. The smallest absolute Gasteiger partial charge is 0.324 e. The quantitative estimate of drug-likeness (QED) is 0.0490. The Balaban J connectivity index is 4.73. The van der Waals surface area contributed by atoms with Gasteiger partial charge in [-0.3, -0.25) is 4.57 Å². The summed E-state index contributed by atoms with van der Waals surface area (Å²) in [4.78, 5) is 19.1. The fourth-order valence-electron chi connectivity index (χ4n) is 5.27. The van der Waals surface area contributed by atoms with Crippen LogP contribution in [0.2, 0.25) is 0 Å². The van der Waals surface area contributed by atoms with Crippen molar-refractivity contribution >= 4 is 19.4 Å². The highest BCUT2D eigenvalue weighted by molar-refractivity contribution is 7.51. The Kier molecular flexibility index (Phi) is 21.1. The first-order valence-electron chi connectivity index (χ1n) is 14.9. The molecule has 9 heteroatoms. The van der Waals surface area contributed by atoms with E-state index < -0.39 is 19.4 Å². The molecule has 0 fully saturated rings. The molecule has 0 rings (SSSR count). The minimum Gasteiger partial charge on any atom is -0.324 e. The maximum Gasteiger partial charge on any atom is 0.474 e. The van der Waals surface area contributed by atoms with E-state index in [0.717, 1.165) is 38.5 Å². The van der Waals surface area contributed by atoms with E-state index in [0.29, 0.717) is 32.1 Å². The molecule has 2 unspecified atom stereocenters. The molecule has 0 aliphatic heterocycles. The SMILES string of the molecule is CCCCCCCCCCC(CCCC(C)(CCCCCCCCCC)N(Cl)C(F)(F)F)CP(=O)(O)O. The molecule has 0 saturated heterocycles. The fourth-order valence-corrected chi connectivity index (χ4v) is 6.48. The van der Waals surface area contributed by atoms with Gasteiger partial charge >= 0.3 is 13.9 Å². The predicted molar refractivity (Wildman–Crippen MR) is 151 cm³/mol. The van der Waals surface area contributed by atoms with Gasteiger partial charge in [-0.15, -0.1) is 4.42 Å². The number of unbranched alkanes of at least 4 members (excludes halogenated alkanes) is 14. The number of hydrogen-bond donors (Lipinski definition) is 2. The van der Waals surface area contributed by atoms with Gasteiger partial charge in [0.15, 0.2) is 0 Å². The Hall–Kier alpha value is 0.190. The average Bonchev–Trinajstić information content (AvgIpc) is 2.80. The van der Waals surface area contributed by atoms with Crippen molar-refractivity contribution in [2.45, 2.75) is 167 Å². The number of rotatable bonds is 25. The van der Waals surface area contributed by atoms with Crippen LogP contribution < -0.4 is 0 Å². The van der Waals surface area contributed by atoms with E-state index in [4.69, 9.17) is 11.8 Å². The van der Waals surface area contributed by atoms with Gasteiger partial charge in [0.25, 0.3) is 0 Å². The highest BCUT2D eigenvalue weighted by Gasteiger charge is 2.47. The zero-order valence-corrected chi connectivity index (χ0v) is 25.5. The monoisotopic (exact) mass is 577 g/mol. The molecular weight excluding hydrogens is 522 g/mol. The lowest BCUT2D eigenvalue weighted by Gasteiger charge is -2.38. The lowest BCUT2D eigenvalue weighted by Crippen LogP contribution is -2.48. The van der Waals surface area contributed by atoms with Gasteiger partial charge in [0.2, 0.25) is 0 Å². The molecule has 0 spiro atoms. The van der Waals surface area contributed by atoms with Crippen LogP contribution in [0.3, 0.4) is 0 Å².